The fraction of sp³-hybridized carbons (Fsp3) is 0.750. The third-order valence-electron chi connectivity index (χ3n) is 1.18. The van der Waals surface area contributed by atoms with Crippen LogP contribution in [0.5, 0.6) is 0 Å². The molecule has 2 heteroatoms. The van der Waals surface area contributed by atoms with Gasteiger partial charge in [-0.3, -0.25) is 0 Å². The standard InChI is InChI=1S/C8H15NO/c1-4-5-6-9-8(2)7-10-3/h1,8-9H,5-7H2,2-3H3. The molecule has 0 amide bonds. The average molecular weight is 141 g/mol. The number of hydrogen-bond acceptors (Lipinski definition) is 2. The summed E-state index contributed by atoms with van der Waals surface area (Å²) in [4.78, 5) is 0. The Labute approximate surface area is 63.0 Å². The molecule has 1 N–H and O–H groups in total. The summed E-state index contributed by atoms with van der Waals surface area (Å²) < 4.78 is 4.92. The van der Waals surface area contributed by atoms with Gasteiger partial charge in [0.1, 0.15) is 0 Å². The van der Waals surface area contributed by atoms with E-state index in [0.29, 0.717) is 6.04 Å². The zero-order valence-electron chi connectivity index (χ0n) is 6.68. The van der Waals surface area contributed by atoms with E-state index in [1.54, 1.807) is 7.11 Å². The zero-order valence-corrected chi connectivity index (χ0v) is 6.68. The Morgan fingerprint density at radius 3 is 2.90 bits per heavy atom. The first-order valence-electron chi connectivity index (χ1n) is 3.47. The van der Waals surface area contributed by atoms with E-state index < -0.39 is 0 Å². The van der Waals surface area contributed by atoms with Crippen molar-refractivity contribution in [3.05, 3.63) is 0 Å². The quantitative estimate of drug-likeness (QED) is 0.448. The summed E-state index contributed by atoms with van der Waals surface area (Å²) >= 11 is 0. The number of hydrogen-bond donors (Lipinski definition) is 1. The number of terminal acetylenes is 1. The number of rotatable bonds is 5. The van der Waals surface area contributed by atoms with Crippen molar-refractivity contribution in [1.82, 2.24) is 5.32 Å². The molecule has 0 rings (SSSR count). The van der Waals surface area contributed by atoms with Crippen LogP contribution in [-0.2, 0) is 4.74 Å². The van der Waals surface area contributed by atoms with Crippen molar-refractivity contribution in [2.75, 3.05) is 20.3 Å². The van der Waals surface area contributed by atoms with E-state index in [0.717, 1.165) is 19.6 Å². The first-order chi connectivity index (χ1) is 4.81. The molecule has 0 fully saturated rings. The molecule has 0 aliphatic carbocycles. The molecule has 1 unspecified atom stereocenters. The van der Waals surface area contributed by atoms with Crippen LogP contribution in [0.15, 0.2) is 0 Å². The predicted molar refractivity (Wildman–Crippen MR) is 42.8 cm³/mol. The van der Waals surface area contributed by atoms with Crippen molar-refractivity contribution < 1.29 is 4.74 Å². The Kier molecular flexibility index (Phi) is 6.25. The van der Waals surface area contributed by atoms with E-state index in [9.17, 15) is 0 Å². The van der Waals surface area contributed by atoms with Crippen molar-refractivity contribution in [1.29, 1.82) is 0 Å². The highest BCUT2D eigenvalue weighted by Crippen LogP contribution is 1.81. The van der Waals surface area contributed by atoms with Crippen molar-refractivity contribution in [3.8, 4) is 12.3 Å². The Morgan fingerprint density at radius 2 is 2.40 bits per heavy atom. The fourth-order valence-corrected chi connectivity index (χ4v) is 0.700. The number of nitrogens with one attached hydrogen (secondary N) is 1. The maximum atomic E-state index is 5.07. The average Bonchev–Trinajstić information content (AvgIpc) is 1.89. The predicted octanol–water partition coefficient (Wildman–Crippen LogP) is 0.634. The summed E-state index contributed by atoms with van der Waals surface area (Å²) in [5, 5.41) is 3.22. The van der Waals surface area contributed by atoms with Gasteiger partial charge in [0.25, 0.3) is 0 Å². The van der Waals surface area contributed by atoms with E-state index in [4.69, 9.17) is 11.2 Å². The van der Waals surface area contributed by atoms with Gasteiger partial charge in [-0.1, -0.05) is 0 Å². The molecule has 0 heterocycles. The molecular formula is C8H15NO. The van der Waals surface area contributed by atoms with Crippen molar-refractivity contribution in [2.45, 2.75) is 19.4 Å². The molecule has 0 aromatic rings. The summed E-state index contributed by atoms with van der Waals surface area (Å²) in [5.74, 6) is 2.56. The minimum Gasteiger partial charge on any atom is -0.383 e. The molecule has 0 aliphatic heterocycles. The Morgan fingerprint density at radius 1 is 1.70 bits per heavy atom. The molecule has 10 heavy (non-hydrogen) atoms. The lowest BCUT2D eigenvalue weighted by Crippen LogP contribution is -2.30. The van der Waals surface area contributed by atoms with Crippen LogP contribution in [0.1, 0.15) is 13.3 Å². The van der Waals surface area contributed by atoms with Crippen LogP contribution in [0.2, 0.25) is 0 Å². The fourth-order valence-electron chi connectivity index (χ4n) is 0.700. The van der Waals surface area contributed by atoms with Crippen LogP contribution in [-0.4, -0.2) is 26.3 Å². The number of methoxy groups -OCH3 is 1. The van der Waals surface area contributed by atoms with Crippen LogP contribution in [0.3, 0.4) is 0 Å². The monoisotopic (exact) mass is 141 g/mol. The van der Waals surface area contributed by atoms with Gasteiger partial charge >= 0.3 is 0 Å². The molecule has 0 saturated carbocycles. The maximum absolute atomic E-state index is 5.07. The molecule has 0 spiro atoms. The normalized spacial score (nSPS) is 12.5. The van der Waals surface area contributed by atoms with Gasteiger partial charge in [-0.05, 0) is 6.92 Å². The summed E-state index contributed by atoms with van der Waals surface area (Å²) in [6, 6.07) is 0.401. The van der Waals surface area contributed by atoms with E-state index >= 15 is 0 Å². The Hall–Kier alpha value is -0.520. The van der Waals surface area contributed by atoms with E-state index in [1.807, 2.05) is 0 Å². The van der Waals surface area contributed by atoms with Crippen molar-refractivity contribution in [3.63, 3.8) is 0 Å². The lowest BCUT2D eigenvalue weighted by molar-refractivity contribution is 0.172. The van der Waals surface area contributed by atoms with Gasteiger partial charge in [-0.25, -0.2) is 0 Å². The first-order valence-corrected chi connectivity index (χ1v) is 3.47. The second kappa shape index (κ2) is 6.60. The largest absolute Gasteiger partial charge is 0.383 e. The summed E-state index contributed by atoms with van der Waals surface area (Å²) in [7, 11) is 1.69. The van der Waals surface area contributed by atoms with Crippen LogP contribution in [0.25, 0.3) is 0 Å². The summed E-state index contributed by atoms with van der Waals surface area (Å²) in [6.45, 7) is 3.69. The first kappa shape index (κ1) is 9.48. The minimum atomic E-state index is 0.401. The molecule has 2 nitrogen and oxygen atoms in total. The lowest BCUT2D eigenvalue weighted by atomic mass is 10.3. The van der Waals surface area contributed by atoms with Crippen LogP contribution >= 0.6 is 0 Å². The van der Waals surface area contributed by atoms with E-state index in [1.165, 1.54) is 0 Å². The molecule has 0 bridgehead atoms. The van der Waals surface area contributed by atoms with Crippen LogP contribution in [0.4, 0.5) is 0 Å². The van der Waals surface area contributed by atoms with Gasteiger partial charge in [0.2, 0.25) is 0 Å². The zero-order chi connectivity index (χ0) is 7.82. The highest BCUT2D eigenvalue weighted by atomic mass is 16.5. The van der Waals surface area contributed by atoms with Gasteiger partial charge < -0.3 is 10.1 Å². The van der Waals surface area contributed by atoms with Gasteiger partial charge in [-0.15, -0.1) is 12.3 Å². The third kappa shape index (κ3) is 5.61. The van der Waals surface area contributed by atoms with Gasteiger partial charge in [0.05, 0.1) is 6.61 Å². The van der Waals surface area contributed by atoms with E-state index in [2.05, 4.69) is 18.2 Å². The lowest BCUT2D eigenvalue weighted by Gasteiger charge is -2.10. The molecule has 0 aromatic heterocycles. The topological polar surface area (TPSA) is 21.3 Å². The Balaban J connectivity index is 3.06. The molecule has 0 saturated heterocycles. The Bertz CT molecular complexity index is 106. The molecule has 0 aliphatic rings. The summed E-state index contributed by atoms with van der Waals surface area (Å²) in [5.41, 5.74) is 0. The molecule has 0 radical (unpaired) electrons. The number of ether oxygens (including phenoxy) is 1. The smallest absolute Gasteiger partial charge is 0.0613 e. The molecular weight excluding hydrogens is 126 g/mol. The second-order valence-corrected chi connectivity index (χ2v) is 2.26. The molecule has 58 valence electrons. The maximum Gasteiger partial charge on any atom is 0.0613 e. The molecule has 1 atom stereocenters. The van der Waals surface area contributed by atoms with Gasteiger partial charge in [0, 0.05) is 26.1 Å². The van der Waals surface area contributed by atoms with Crippen LogP contribution in [0, 0.1) is 12.3 Å². The SMILES string of the molecule is C#CCCNC(C)COC. The summed E-state index contributed by atoms with van der Waals surface area (Å²) in [6.07, 6.45) is 5.85. The highest BCUT2D eigenvalue weighted by Gasteiger charge is 1.96. The van der Waals surface area contributed by atoms with Crippen molar-refractivity contribution in [2.24, 2.45) is 0 Å². The highest BCUT2D eigenvalue weighted by molar-refractivity contribution is 4.84. The van der Waals surface area contributed by atoms with Gasteiger partial charge in [-0.2, -0.15) is 0 Å². The van der Waals surface area contributed by atoms with Gasteiger partial charge in [0.15, 0.2) is 0 Å². The second-order valence-electron chi connectivity index (χ2n) is 2.26. The van der Waals surface area contributed by atoms with Crippen molar-refractivity contribution >= 4 is 0 Å². The van der Waals surface area contributed by atoms with E-state index in [-0.39, 0.29) is 0 Å². The third-order valence-corrected chi connectivity index (χ3v) is 1.18. The van der Waals surface area contributed by atoms with Crippen LogP contribution < -0.4 is 5.32 Å². The minimum absolute atomic E-state index is 0.401. The molecule has 0 aromatic carbocycles.